The predicted molar refractivity (Wildman–Crippen MR) is 153 cm³/mol. The summed E-state index contributed by atoms with van der Waals surface area (Å²) in [4.78, 5) is 29.5. The molecule has 0 bridgehead atoms. The lowest BCUT2D eigenvalue weighted by atomic mass is 9.99. The van der Waals surface area contributed by atoms with Crippen molar-refractivity contribution in [3.8, 4) is 0 Å². The zero-order valence-corrected chi connectivity index (χ0v) is 25.4. The van der Waals surface area contributed by atoms with E-state index >= 15 is 0 Å². The number of aromatic nitrogens is 2. The summed E-state index contributed by atoms with van der Waals surface area (Å²) >= 11 is 0. The molecule has 0 saturated carbocycles. The Morgan fingerprint density at radius 1 is 1.20 bits per heavy atom. The molecule has 3 atom stereocenters. The van der Waals surface area contributed by atoms with Gasteiger partial charge in [0.2, 0.25) is 5.89 Å². The van der Waals surface area contributed by atoms with Crippen LogP contribution >= 0.6 is 0 Å². The fraction of sp³-hybridized carbons (Fsp3) is 0.655. The summed E-state index contributed by atoms with van der Waals surface area (Å²) in [5, 5.41) is 15.1. The molecule has 1 aromatic heterocycles. The van der Waals surface area contributed by atoms with Gasteiger partial charge in [-0.05, 0) is 78.1 Å². The van der Waals surface area contributed by atoms with Crippen LogP contribution in [0.5, 0.6) is 0 Å². The van der Waals surface area contributed by atoms with Crippen molar-refractivity contribution in [2.75, 3.05) is 38.2 Å². The number of esters is 1. The third-order valence-corrected chi connectivity index (χ3v) is 7.08. The second-order valence-electron chi connectivity index (χ2n) is 12.1. The van der Waals surface area contributed by atoms with Gasteiger partial charge >= 0.3 is 18.1 Å². The van der Waals surface area contributed by atoms with E-state index < -0.39 is 17.7 Å². The van der Waals surface area contributed by atoms with Crippen LogP contribution in [0, 0.1) is 13.8 Å². The number of nitrogens with one attached hydrogen (secondary N) is 2. The monoisotopic (exact) mass is 572 g/mol. The molecule has 1 aromatic carbocycles. The van der Waals surface area contributed by atoms with Gasteiger partial charge in [0, 0.05) is 37.9 Å². The zero-order valence-electron chi connectivity index (χ0n) is 25.4. The highest BCUT2D eigenvalue weighted by Crippen LogP contribution is 2.30. The normalized spacial score (nSPS) is 22.1. The van der Waals surface area contributed by atoms with E-state index in [9.17, 15) is 9.59 Å². The molecule has 12 nitrogen and oxygen atoms in total. The number of morpholine rings is 1. The van der Waals surface area contributed by atoms with E-state index in [2.05, 4.69) is 31.8 Å². The molecule has 2 aliphatic rings. The average Bonchev–Trinajstić information content (AvgIpc) is 3.33. The minimum atomic E-state index is -0.626. The van der Waals surface area contributed by atoms with Crippen molar-refractivity contribution in [1.29, 1.82) is 0 Å². The Kier molecular flexibility index (Phi) is 9.55. The summed E-state index contributed by atoms with van der Waals surface area (Å²) in [6.45, 7) is 18.4. The van der Waals surface area contributed by atoms with Crippen LogP contribution in [0.3, 0.4) is 0 Å². The highest BCUT2D eigenvalue weighted by atomic mass is 16.6. The Labute approximate surface area is 242 Å². The molecule has 1 amide bonds. The molecule has 4 rings (SSSR count). The summed E-state index contributed by atoms with van der Waals surface area (Å²) in [5.74, 6) is 0.0544. The molecule has 12 heteroatoms. The van der Waals surface area contributed by atoms with Gasteiger partial charge in [0.1, 0.15) is 17.7 Å². The summed E-state index contributed by atoms with van der Waals surface area (Å²) in [7, 11) is 0. The van der Waals surface area contributed by atoms with Crippen LogP contribution in [-0.4, -0.2) is 88.7 Å². The SMILES string of the molecule is Cc1cc(CN2CCN[C@@H](C)C2C(=O)OC(C)C)c(C)c(Nc2nnc(C3COCCN3C(=O)OC(C)(C)C)o2)c1. The molecule has 2 N–H and O–H groups in total. The molecule has 2 saturated heterocycles. The largest absolute Gasteiger partial charge is 0.462 e. The number of hydrogen-bond donors (Lipinski definition) is 2. The van der Waals surface area contributed by atoms with Gasteiger partial charge in [0.05, 0.1) is 19.3 Å². The van der Waals surface area contributed by atoms with E-state index in [0.29, 0.717) is 19.7 Å². The van der Waals surface area contributed by atoms with E-state index in [4.69, 9.17) is 18.6 Å². The fourth-order valence-electron chi connectivity index (χ4n) is 5.16. The van der Waals surface area contributed by atoms with Crippen LogP contribution in [0.1, 0.15) is 70.2 Å². The smallest absolute Gasteiger partial charge is 0.411 e. The van der Waals surface area contributed by atoms with Crippen LogP contribution in [0.25, 0.3) is 0 Å². The van der Waals surface area contributed by atoms with Gasteiger partial charge in [0.25, 0.3) is 0 Å². The number of carbonyl (C=O) groups excluding carboxylic acids is 2. The number of amides is 1. The number of anilines is 2. The maximum Gasteiger partial charge on any atom is 0.411 e. The topological polar surface area (TPSA) is 131 Å². The first-order chi connectivity index (χ1) is 19.3. The van der Waals surface area contributed by atoms with Crippen molar-refractivity contribution in [2.24, 2.45) is 0 Å². The Morgan fingerprint density at radius 3 is 2.66 bits per heavy atom. The molecule has 2 unspecified atom stereocenters. The first kappa shape index (κ1) is 30.7. The van der Waals surface area contributed by atoms with Gasteiger partial charge in [-0.15, -0.1) is 5.10 Å². The van der Waals surface area contributed by atoms with Crippen molar-refractivity contribution in [2.45, 2.75) is 91.8 Å². The van der Waals surface area contributed by atoms with Gasteiger partial charge in [0.15, 0.2) is 0 Å². The molecule has 0 aliphatic carbocycles. The zero-order chi connectivity index (χ0) is 29.9. The standard InChI is InChI=1S/C29H44N6O6/c1-17(2)39-26(36)24-20(5)30-9-10-34(24)15-21-13-18(3)14-22(19(21)4)31-27-33-32-25(40-27)23-16-38-12-11-35(23)28(37)41-29(6,7)8/h13-14,17,20,23-24,30H,9-12,15-16H2,1-8H3,(H,31,33)/t20-,23?,24?/m0/s1. The number of ether oxygens (including phenoxy) is 3. The van der Waals surface area contributed by atoms with E-state index in [0.717, 1.165) is 35.5 Å². The molecule has 0 radical (unpaired) electrons. The molecule has 2 aliphatic heterocycles. The van der Waals surface area contributed by atoms with E-state index in [1.54, 1.807) is 4.90 Å². The quantitative estimate of drug-likeness (QED) is 0.469. The first-order valence-corrected chi connectivity index (χ1v) is 14.3. The third kappa shape index (κ3) is 7.75. The fourth-order valence-corrected chi connectivity index (χ4v) is 5.16. The number of piperazine rings is 1. The molecule has 2 aromatic rings. The van der Waals surface area contributed by atoms with Crippen molar-refractivity contribution < 1.29 is 28.2 Å². The van der Waals surface area contributed by atoms with E-state index in [1.807, 2.05) is 61.5 Å². The van der Waals surface area contributed by atoms with E-state index in [-0.39, 0.29) is 42.7 Å². The number of rotatable bonds is 7. The average molecular weight is 573 g/mol. The van der Waals surface area contributed by atoms with Gasteiger partial charge < -0.3 is 29.3 Å². The highest BCUT2D eigenvalue weighted by Gasteiger charge is 2.37. The van der Waals surface area contributed by atoms with Crippen LogP contribution in [0.2, 0.25) is 0 Å². The molecule has 226 valence electrons. The van der Waals surface area contributed by atoms with Gasteiger partial charge in [-0.2, -0.15) is 0 Å². The summed E-state index contributed by atoms with van der Waals surface area (Å²) < 4.78 is 22.7. The molecular formula is C29H44N6O6. The minimum absolute atomic E-state index is 0.0291. The summed E-state index contributed by atoms with van der Waals surface area (Å²) in [6, 6.07) is 3.40. The van der Waals surface area contributed by atoms with Crippen LogP contribution in [0.15, 0.2) is 16.5 Å². The lowest BCUT2D eigenvalue weighted by molar-refractivity contribution is -0.156. The van der Waals surface area contributed by atoms with Crippen molar-refractivity contribution in [3.05, 3.63) is 34.7 Å². The van der Waals surface area contributed by atoms with E-state index in [1.165, 1.54) is 0 Å². The van der Waals surface area contributed by atoms with Crippen molar-refractivity contribution in [3.63, 3.8) is 0 Å². The molecular weight excluding hydrogens is 528 g/mol. The number of benzene rings is 1. The van der Waals surface area contributed by atoms with Crippen LogP contribution < -0.4 is 10.6 Å². The lowest BCUT2D eigenvalue weighted by Gasteiger charge is -2.39. The summed E-state index contributed by atoms with van der Waals surface area (Å²) in [6.07, 6.45) is -0.624. The number of nitrogens with zero attached hydrogens (tertiary/aromatic N) is 4. The highest BCUT2D eigenvalue weighted by molar-refractivity contribution is 5.77. The number of aryl methyl sites for hydroxylation is 1. The Bertz CT molecular complexity index is 1220. The minimum Gasteiger partial charge on any atom is -0.462 e. The Balaban J connectivity index is 1.52. The second-order valence-corrected chi connectivity index (χ2v) is 12.1. The second kappa shape index (κ2) is 12.7. The van der Waals surface area contributed by atoms with Gasteiger partial charge in [-0.25, -0.2) is 4.79 Å². The lowest BCUT2D eigenvalue weighted by Crippen LogP contribution is -2.60. The molecule has 3 heterocycles. The van der Waals surface area contributed by atoms with Crippen LogP contribution in [-0.2, 0) is 25.5 Å². The Morgan fingerprint density at radius 2 is 1.95 bits per heavy atom. The molecule has 0 spiro atoms. The molecule has 41 heavy (non-hydrogen) atoms. The van der Waals surface area contributed by atoms with Gasteiger partial charge in [-0.3, -0.25) is 14.6 Å². The maximum atomic E-state index is 13.0. The number of hydrogen-bond acceptors (Lipinski definition) is 11. The third-order valence-electron chi connectivity index (χ3n) is 7.08. The number of carbonyl (C=O) groups is 2. The Hall–Kier alpha value is -3.22. The van der Waals surface area contributed by atoms with Gasteiger partial charge in [-0.1, -0.05) is 11.2 Å². The maximum absolute atomic E-state index is 13.0. The first-order valence-electron chi connectivity index (χ1n) is 14.3. The van der Waals surface area contributed by atoms with Crippen LogP contribution in [0.4, 0.5) is 16.5 Å². The van der Waals surface area contributed by atoms with Crippen molar-refractivity contribution in [1.82, 2.24) is 25.3 Å². The van der Waals surface area contributed by atoms with Crippen molar-refractivity contribution >= 4 is 23.8 Å². The summed E-state index contributed by atoms with van der Waals surface area (Å²) in [5.41, 5.74) is 3.34. The molecule has 2 fully saturated rings. The predicted octanol–water partition coefficient (Wildman–Crippen LogP) is 3.85.